The van der Waals surface area contributed by atoms with Gasteiger partial charge in [0.15, 0.2) is 0 Å². The van der Waals surface area contributed by atoms with Crippen LogP contribution in [0.15, 0.2) is 24.3 Å². The SMILES string of the molecule is CCNCCC(C)N(C)Cc1ccc(Cl)cc1. The van der Waals surface area contributed by atoms with Gasteiger partial charge in [-0.3, -0.25) is 4.90 Å². The molecule has 0 fully saturated rings. The molecule has 3 heteroatoms. The van der Waals surface area contributed by atoms with Gasteiger partial charge in [0.2, 0.25) is 0 Å². The number of hydrogen-bond donors (Lipinski definition) is 1. The Morgan fingerprint density at radius 2 is 1.94 bits per heavy atom. The summed E-state index contributed by atoms with van der Waals surface area (Å²) in [4.78, 5) is 2.38. The van der Waals surface area contributed by atoms with Gasteiger partial charge in [-0.2, -0.15) is 0 Å². The topological polar surface area (TPSA) is 15.3 Å². The van der Waals surface area contributed by atoms with Crippen molar-refractivity contribution >= 4 is 11.6 Å². The molecule has 1 aromatic carbocycles. The van der Waals surface area contributed by atoms with Crippen molar-refractivity contribution in [3.8, 4) is 0 Å². The molecule has 2 nitrogen and oxygen atoms in total. The quantitative estimate of drug-likeness (QED) is 0.752. The lowest BCUT2D eigenvalue weighted by atomic mass is 10.1. The van der Waals surface area contributed by atoms with E-state index >= 15 is 0 Å². The summed E-state index contributed by atoms with van der Waals surface area (Å²) in [7, 11) is 2.17. The van der Waals surface area contributed by atoms with Gasteiger partial charge in [-0.25, -0.2) is 0 Å². The van der Waals surface area contributed by atoms with Crippen molar-refractivity contribution in [1.82, 2.24) is 10.2 Å². The summed E-state index contributed by atoms with van der Waals surface area (Å²) in [5.41, 5.74) is 1.31. The third-order valence-corrected chi connectivity index (χ3v) is 3.34. The molecule has 0 spiro atoms. The maximum absolute atomic E-state index is 5.87. The van der Waals surface area contributed by atoms with Gasteiger partial charge in [0, 0.05) is 17.6 Å². The van der Waals surface area contributed by atoms with Gasteiger partial charge < -0.3 is 5.32 Å². The first kappa shape index (κ1) is 14.5. The molecule has 1 N–H and O–H groups in total. The minimum atomic E-state index is 0.588. The molecule has 0 aliphatic heterocycles. The van der Waals surface area contributed by atoms with E-state index in [0.717, 1.165) is 24.7 Å². The van der Waals surface area contributed by atoms with Crippen molar-refractivity contribution in [2.24, 2.45) is 0 Å². The summed E-state index contributed by atoms with van der Waals surface area (Å²) in [6.07, 6.45) is 1.18. The van der Waals surface area contributed by atoms with Crippen molar-refractivity contribution in [3.05, 3.63) is 34.9 Å². The minimum Gasteiger partial charge on any atom is -0.317 e. The summed E-state index contributed by atoms with van der Waals surface area (Å²) >= 11 is 5.87. The number of rotatable bonds is 7. The molecule has 96 valence electrons. The van der Waals surface area contributed by atoms with Crippen molar-refractivity contribution in [2.45, 2.75) is 32.9 Å². The fourth-order valence-electron chi connectivity index (χ4n) is 1.74. The van der Waals surface area contributed by atoms with E-state index in [9.17, 15) is 0 Å². The van der Waals surface area contributed by atoms with Crippen LogP contribution >= 0.6 is 11.6 Å². The first-order chi connectivity index (χ1) is 8.13. The van der Waals surface area contributed by atoms with Crippen LogP contribution in [0.3, 0.4) is 0 Å². The average molecular weight is 255 g/mol. The second kappa shape index (κ2) is 7.70. The van der Waals surface area contributed by atoms with Crippen LogP contribution in [0.4, 0.5) is 0 Å². The molecule has 0 saturated carbocycles. The van der Waals surface area contributed by atoms with Crippen LogP contribution in [0.2, 0.25) is 5.02 Å². The molecular formula is C14H23ClN2. The van der Waals surface area contributed by atoms with E-state index in [1.807, 2.05) is 12.1 Å². The predicted molar refractivity (Wildman–Crippen MR) is 75.5 cm³/mol. The molecule has 0 radical (unpaired) electrons. The highest BCUT2D eigenvalue weighted by Crippen LogP contribution is 2.12. The monoisotopic (exact) mass is 254 g/mol. The smallest absolute Gasteiger partial charge is 0.0406 e. The lowest BCUT2D eigenvalue weighted by Crippen LogP contribution is -2.31. The zero-order valence-electron chi connectivity index (χ0n) is 11.0. The Morgan fingerprint density at radius 1 is 1.29 bits per heavy atom. The summed E-state index contributed by atoms with van der Waals surface area (Å²) in [6, 6.07) is 8.68. The fraction of sp³-hybridized carbons (Fsp3) is 0.571. The minimum absolute atomic E-state index is 0.588. The van der Waals surface area contributed by atoms with Crippen molar-refractivity contribution < 1.29 is 0 Å². The number of halogens is 1. The summed E-state index contributed by atoms with van der Waals surface area (Å²) in [5.74, 6) is 0. The molecule has 1 unspecified atom stereocenters. The molecule has 1 rings (SSSR count). The molecule has 0 aromatic heterocycles. The van der Waals surface area contributed by atoms with Crippen LogP contribution in [0.25, 0.3) is 0 Å². The molecular weight excluding hydrogens is 232 g/mol. The summed E-state index contributed by atoms with van der Waals surface area (Å²) in [6.45, 7) is 7.52. The molecule has 17 heavy (non-hydrogen) atoms. The second-order valence-electron chi connectivity index (χ2n) is 4.53. The summed E-state index contributed by atoms with van der Waals surface area (Å²) in [5, 5.41) is 4.16. The van der Waals surface area contributed by atoms with Gasteiger partial charge in [-0.1, -0.05) is 30.7 Å². The Kier molecular flexibility index (Phi) is 6.56. The molecule has 1 atom stereocenters. The zero-order chi connectivity index (χ0) is 12.7. The van der Waals surface area contributed by atoms with E-state index in [1.165, 1.54) is 12.0 Å². The van der Waals surface area contributed by atoms with Crippen LogP contribution in [-0.2, 0) is 6.54 Å². The lowest BCUT2D eigenvalue weighted by molar-refractivity contribution is 0.237. The van der Waals surface area contributed by atoms with Crippen LogP contribution < -0.4 is 5.32 Å². The van der Waals surface area contributed by atoms with E-state index in [2.05, 4.69) is 43.2 Å². The van der Waals surface area contributed by atoms with E-state index in [1.54, 1.807) is 0 Å². The molecule has 1 aromatic rings. The third-order valence-electron chi connectivity index (χ3n) is 3.09. The van der Waals surface area contributed by atoms with Gasteiger partial charge in [0.05, 0.1) is 0 Å². The van der Waals surface area contributed by atoms with Gasteiger partial charge >= 0.3 is 0 Å². The average Bonchev–Trinajstić information content (AvgIpc) is 2.32. The van der Waals surface area contributed by atoms with Gasteiger partial charge in [-0.15, -0.1) is 0 Å². The van der Waals surface area contributed by atoms with E-state index in [-0.39, 0.29) is 0 Å². The maximum atomic E-state index is 5.87. The summed E-state index contributed by atoms with van der Waals surface area (Å²) < 4.78 is 0. The van der Waals surface area contributed by atoms with Crippen molar-refractivity contribution in [3.63, 3.8) is 0 Å². The molecule has 0 heterocycles. The highest BCUT2D eigenvalue weighted by molar-refractivity contribution is 6.30. The van der Waals surface area contributed by atoms with Crippen LogP contribution in [-0.4, -0.2) is 31.1 Å². The molecule has 0 aliphatic rings. The Morgan fingerprint density at radius 3 is 2.53 bits per heavy atom. The zero-order valence-corrected chi connectivity index (χ0v) is 11.8. The van der Waals surface area contributed by atoms with E-state index in [0.29, 0.717) is 6.04 Å². The second-order valence-corrected chi connectivity index (χ2v) is 4.97. The largest absolute Gasteiger partial charge is 0.317 e. The van der Waals surface area contributed by atoms with Gasteiger partial charge in [0.25, 0.3) is 0 Å². The third kappa shape index (κ3) is 5.53. The first-order valence-electron chi connectivity index (χ1n) is 6.29. The molecule has 0 bridgehead atoms. The number of hydrogen-bond acceptors (Lipinski definition) is 2. The molecule has 0 saturated heterocycles. The Bertz CT molecular complexity index is 311. The Balaban J connectivity index is 2.37. The van der Waals surface area contributed by atoms with Crippen molar-refractivity contribution in [1.29, 1.82) is 0 Å². The normalized spacial score (nSPS) is 13.0. The van der Waals surface area contributed by atoms with E-state index in [4.69, 9.17) is 11.6 Å². The fourth-order valence-corrected chi connectivity index (χ4v) is 1.87. The Hall–Kier alpha value is -0.570. The van der Waals surface area contributed by atoms with Gasteiger partial charge in [-0.05, 0) is 51.2 Å². The maximum Gasteiger partial charge on any atom is 0.0406 e. The molecule has 0 aliphatic carbocycles. The highest BCUT2D eigenvalue weighted by Gasteiger charge is 2.08. The number of nitrogens with one attached hydrogen (secondary N) is 1. The predicted octanol–water partition coefficient (Wildman–Crippen LogP) is 3.16. The number of benzene rings is 1. The number of nitrogens with zero attached hydrogens (tertiary/aromatic N) is 1. The van der Waals surface area contributed by atoms with E-state index < -0.39 is 0 Å². The standard InChI is InChI=1S/C14H23ClN2/c1-4-16-10-9-12(2)17(3)11-13-5-7-14(15)8-6-13/h5-8,12,16H,4,9-11H2,1-3H3. The van der Waals surface area contributed by atoms with Crippen LogP contribution in [0, 0.1) is 0 Å². The van der Waals surface area contributed by atoms with Crippen LogP contribution in [0.1, 0.15) is 25.8 Å². The van der Waals surface area contributed by atoms with Crippen LogP contribution in [0.5, 0.6) is 0 Å². The van der Waals surface area contributed by atoms with Crippen molar-refractivity contribution in [2.75, 3.05) is 20.1 Å². The van der Waals surface area contributed by atoms with Gasteiger partial charge in [0.1, 0.15) is 0 Å². The molecule has 0 amide bonds. The Labute approximate surface area is 110 Å². The highest BCUT2D eigenvalue weighted by atomic mass is 35.5. The first-order valence-corrected chi connectivity index (χ1v) is 6.66. The lowest BCUT2D eigenvalue weighted by Gasteiger charge is -2.24.